The fraction of sp³-hybridized carbons (Fsp3) is 0.936. The molecule has 2 aliphatic heterocycles. The molecule has 29 nitrogen and oxygen atoms in total. The van der Waals surface area contributed by atoms with Gasteiger partial charge < -0.3 is 127 Å². The summed E-state index contributed by atoms with van der Waals surface area (Å²) in [6.07, 6.45) is 41.5. The molecule has 0 spiro atoms. The summed E-state index contributed by atoms with van der Waals surface area (Å²) in [7, 11) is 0. The topological polar surface area (TPSA) is 585 Å². The molecule has 30 N–H and O–H groups in total. The van der Waals surface area contributed by atoms with E-state index >= 15 is 0 Å². The van der Waals surface area contributed by atoms with Crippen molar-refractivity contribution in [2.45, 2.75) is 452 Å². The Hall–Kier alpha value is -3.41. The van der Waals surface area contributed by atoms with E-state index in [0.29, 0.717) is 32.1 Å². The SMILES string of the molecule is CCCCCCCCCCC(N)C(=O)O.CCCCCCCCCCC(N)C(=O)O.CCCCCCCCCCC(N)C(=O)O.CCCCCCCCCCC(N)C(=O)O.CCCCCCCCCCC(N)C(=O)O.NC[C@H]1O[C@H](O[C@H]2[C@H](O)[C@@H](O[C@H]3O[C@H](CO)[C@@H](O)[C@H](N)[C@H]3O)[C@H](N)C[C@@H]2N)[C@H](N)C[C@@H]1O. The van der Waals surface area contributed by atoms with E-state index in [1.807, 2.05) is 0 Å². The fourth-order valence-corrected chi connectivity index (χ4v) is 12.5. The maximum absolute atomic E-state index is 11.0. The lowest BCUT2D eigenvalue weighted by Crippen LogP contribution is -2.68. The van der Waals surface area contributed by atoms with Gasteiger partial charge in [-0.15, -0.1) is 0 Å². The van der Waals surface area contributed by atoms with Gasteiger partial charge in [-0.1, -0.05) is 291 Å². The van der Waals surface area contributed by atoms with Gasteiger partial charge in [0.2, 0.25) is 0 Å². The van der Waals surface area contributed by atoms with Crippen LogP contribution in [0.25, 0.3) is 0 Å². The molecule has 3 rings (SSSR count). The number of carboxylic acid groups (broad SMARTS) is 5. The number of rotatable bonds is 56. The standard InChI is InChI=1S/C18H37N5O9.5C12H25NO2/c19-3-9-8(25)2-7(22)17(29-9)31-15-5(20)1-6(21)16(14(15)28)32-18-13(27)11(23)12(26)10(4-24)30-18;5*1-2-3-4-5-6-7-8-9-10-11(13)12(14)15/h5-18,24-28H,1-4,19-23H2;5*11H,2-10,13H2,1H3,(H,14,15)/t5-,6+,7+,8-,9+,10+,11-,12+,13+,14-,15+,16-,17+,18+;;;;;/m0...../s1. The Morgan fingerprint density at radius 2 is 0.570 bits per heavy atom. The number of hydrogen-bond donors (Lipinski definition) is 20. The molecule has 0 aromatic heterocycles. The number of aliphatic hydroxyl groups is 5. The molecule has 19 atom stereocenters. The lowest BCUT2D eigenvalue weighted by molar-refractivity contribution is -0.314. The van der Waals surface area contributed by atoms with Crippen LogP contribution in [-0.2, 0) is 42.9 Å². The minimum Gasteiger partial charge on any atom is -0.480 e. The van der Waals surface area contributed by atoms with E-state index in [2.05, 4.69) is 34.6 Å². The number of ether oxygens (including phenoxy) is 4. The van der Waals surface area contributed by atoms with Crippen molar-refractivity contribution < 1.29 is 94.0 Å². The molecule has 2 heterocycles. The van der Waals surface area contributed by atoms with Crippen molar-refractivity contribution in [3.63, 3.8) is 0 Å². The molecular formula is C78H162N10O19. The van der Waals surface area contributed by atoms with Crippen LogP contribution < -0.4 is 57.3 Å². The lowest BCUT2D eigenvalue weighted by atomic mass is 9.84. The Morgan fingerprint density at radius 1 is 0.336 bits per heavy atom. The zero-order chi connectivity index (χ0) is 81.3. The highest BCUT2D eigenvalue weighted by Crippen LogP contribution is 2.31. The molecule has 1 saturated carbocycles. The van der Waals surface area contributed by atoms with Gasteiger partial charge in [0, 0.05) is 18.6 Å². The Kier molecular flexibility index (Phi) is 72.1. The maximum Gasteiger partial charge on any atom is 0.320 e. The van der Waals surface area contributed by atoms with Gasteiger partial charge in [0.15, 0.2) is 12.6 Å². The molecule has 0 amide bonds. The summed E-state index contributed by atoms with van der Waals surface area (Å²) in [5.41, 5.74) is 56.8. The summed E-state index contributed by atoms with van der Waals surface area (Å²) < 4.78 is 22.7. The van der Waals surface area contributed by atoms with Crippen LogP contribution in [0.5, 0.6) is 0 Å². The van der Waals surface area contributed by atoms with Gasteiger partial charge >= 0.3 is 29.8 Å². The van der Waals surface area contributed by atoms with E-state index in [1.165, 1.54) is 193 Å². The molecule has 29 heteroatoms. The quantitative estimate of drug-likeness (QED) is 0.0254. The number of unbranched alkanes of at least 4 members (excludes halogenated alkanes) is 35. The third-order valence-corrected chi connectivity index (χ3v) is 19.8. The molecular weight excluding hydrogens is 1380 g/mol. The maximum atomic E-state index is 11.0. The van der Waals surface area contributed by atoms with Crippen molar-refractivity contribution in [2.24, 2.45) is 57.3 Å². The van der Waals surface area contributed by atoms with Gasteiger partial charge in [0.05, 0.1) is 30.9 Å². The van der Waals surface area contributed by atoms with Crippen molar-refractivity contribution >= 4 is 29.8 Å². The molecule has 5 unspecified atom stereocenters. The zero-order valence-electron chi connectivity index (χ0n) is 67.0. The smallest absolute Gasteiger partial charge is 0.320 e. The summed E-state index contributed by atoms with van der Waals surface area (Å²) in [5, 5.41) is 93.5. The molecule has 3 aliphatic rings. The van der Waals surface area contributed by atoms with Crippen LogP contribution in [0.15, 0.2) is 0 Å². The largest absolute Gasteiger partial charge is 0.480 e. The van der Waals surface area contributed by atoms with Crippen molar-refractivity contribution in [2.75, 3.05) is 13.2 Å². The normalized spacial score (nSPS) is 24.6. The summed E-state index contributed by atoms with van der Waals surface area (Å²) in [5.74, 6) is -4.38. The minimum absolute atomic E-state index is 0.0542. The van der Waals surface area contributed by atoms with Crippen molar-refractivity contribution in [3.05, 3.63) is 0 Å². The molecule has 0 bridgehead atoms. The van der Waals surface area contributed by atoms with E-state index in [0.717, 1.165) is 64.2 Å². The number of carboxylic acids is 5. The van der Waals surface area contributed by atoms with E-state index in [9.17, 15) is 49.5 Å². The van der Waals surface area contributed by atoms with Crippen LogP contribution in [0.1, 0.15) is 336 Å². The van der Waals surface area contributed by atoms with Crippen LogP contribution in [0.3, 0.4) is 0 Å². The molecule has 107 heavy (non-hydrogen) atoms. The fourth-order valence-electron chi connectivity index (χ4n) is 12.5. The second-order valence-electron chi connectivity index (χ2n) is 29.8. The van der Waals surface area contributed by atoms with Gasteiger partial charge in [-0.3, -0.25) is 24.0 Å². The van der Waals surface area contributed by atoms with Crippen LogP contribution in [-0.4, -0.2) is 210 Å². The van der Waals surface area contributed by atoms with Crippen LogP contribution in [0.2, 0.25) is 0 Å². The number of carbonyl (C=O) groups is 5. The number of aliphatic hydroxyl groups excluding tert-OH is 5. The molecule has 0 aromatic carbocycles. The van der Waals surface area contributed by atoms with E-state index < -0.39 is 152 Å². The average molecular weight is 1540 g/mol. The van der Waals surface area contributed by atoms with Crippen LogP contribution >= 0.6 is 0 Å². The molecule has 0 aromatic rings. The van der Waals surface area contributed by atoms with Crippen LogP contribution in [0.4, 0.5) is 0 Å². The molecule has 638 valence electrons. The van der Waals surface area contributed by atoms with Gasteiger partial charge in [0.25, 0.3) is 0 Å². The summed E-state index contributed by atoms with van der Waals surface area (Å²) in [6.45, 7) is 10.6. The average Bonchev–Trinajstić information content (AvgIpc) is 0.786. The highest BCUT2D eigenvalue weighted by atomic mass is 16.7. The van der Waals surface area contributed by atoms with Crippen molar-refractivity contribution in [1.82, 2.24) is 0 Å². The second kappa shape index (κ2) is 71.6. The monoisotopic (exact) mass is 1540 g/mol. The summed E-state index contributed by atoms with van der Waals surface area (Å²) >= 11 is 0. The highest BCUT2D eigenvalue weighted by Gasteiger charge is 2.50. The third-order valence-electron chi connectivity index (χ3n) is 19.8. The van der Waals surface area contributed by atoms with E-state index in [1.54, 1.807) is 0 Å². The first kappa shape index (κ1) is 108. The van der Waals surface area contributed by atoms with E-state index in [4.69, 9.17) is 102 Å². The van der Waals surface area contributed by atoms with Crippen LogP contribution in [0, 0.1) is 0 Å². The Balaban J connectivity index is -0.00000126. The Morgan fingerprint density at radius 3 is 0.804 bits per heavy atom. The first-order chi connectivity index (χ1) is 51.0. The van der Waals surface area contributed by atoms with Gasteiger partial charge in [-0.05, 0) is 44.9 Å². The number of nitrogens with two attached hydrogens (primary N) is 10. The van der Waals surface area contributed by atoms with E-state index in [-0.39, 0.29) is 19.4 Å². The van der Waals surface area contributed by atoms with Gasteiger partial charge in [0.1, 0.15) is 66.8 Å². The van der Waals surface area contributed by atoms with Crippen molar-refractivity contribution in [3.8, 4) is 0 Å². The lowest BCUT2D eigenvalue weighted by Gasteiger charge is -2.47. The first-order valence-electron chi connectivity index (χ1n) is 41.6. The minimum atomic E-state index is -1.44. The Bertz CT molecular complexity index is 1880. The van der Waals surface area contributed by atoms with Gasteiger partial charge in [-0.25, -0.2) is 0 Å². The second-order valence-corrected chi connectivity index (χ2v) is 29.8. The highest BCUT2D eigenvalue weighted by molar-refractivity contribution is 5.74. The van der Waals surface area contributed by atoms with Crippen molar-refractivity contribution in [1.29, 1.82) is 0 Å². The predicted molar refractivity (Wildman–Crippen MR) is 423 cm³/mol. The third kappa shape index (κ3) is 57.3. The first-order valence-corrected chi connectivity index (χ1v) is 41.6. The van der Waals surface area contributed by atoms with Gasteiger partial charge in [-0.2, -0.15) is 0 Å². The summed E-state index contributed by atoms with van der Waals surface area (Å²) in [6, 6.07) is -6.58. The Labute approximate surface area is 643 Å². The zero-order valence-corrected chi connectivity index (χ0v) is 67.0. The number of hydrogen-bond acceptors (Lipinski definition) is 24. The molecule has 1 aliphatic carbocycles. The summed E-state index contributed by atoms with van der Waals surface area (Å²) in [4.78, 5) is 52.1. The predicted octanol–water partition coefficient (Wildman–Crippen LogP) is 8.35. The molecule has 0 radical (unpaired) electrons. The molecule has 2 saturated heterocycles. The number of aliphatic carboxylic acids is 5. The molecule has 3 fully saturated rings.